The second-order valence-corrected chi connectivity index (χ2v) is 5.24. The fourth-order valence-corrected chi connectivity index (χ4v) is 2.51. The Morgan fingerprint density at radius 2 is 1.83 bits per heavy atom. The molecule has 0 spiro atoms. The van der Waals surface area contributed by atoms with Crippen LogP contribution in [0.4, 0.5) is 11.4 Å². The summed E-state index contributed by atoms with van der Waals surface area (Å²) >= 11 is 6.21. The van der Waals surface area contributed by atoms with Gasteiger partial charge in [-0.15, -0.1) is 0 Å². The van der Waals surface area contributed by atoms with Crippen LogP contribution in [-0.4, -0.2) is 13.1 Å². The predicted molar refractivity (Wildman–Crippen MR) is 82.6 cm³/mol. The van der Waals surface area contributed by atoms with E-state index in [0.29, 0.717) is 5.92 Å². The van der Waals surface area contributed by atoms with E-state index < -0.39 is 0 Å². The van der Waals surface area contributed by atoms with E-state index in [2.05, 4.69) is 25.7 Å². The number of nitrogen functional groups attached to an aromatic ring is 1. The minimum Gasteiger partial charge on any atom is -0.397 e. The second kappa shape index (κ2) is 6.89. The first kappa shape index (κ1) is 15.2. The number of nitrogens with zero attached hydrogens (tertiary/aromatic N) is 1. The number of rotatable bonds is 6. The van der Waals surface area contributed by atoms with Crippen LogP contribution >= 0.6 is 11.6 Å². The number of benzene rings is 1. The lowest BCUT2D eigenvalue weighted by Gasteiger charge is -2.30. The number of nitrogens with two attached hydrogens (primary N) is 1. The van der Waals surface area contributed by atoms with Crippen molar-refractivity contribution < 1.29 is 0 Å². The summed E-state index contributed by atoms with van der Waals surface area (Å²) in [6, 6.07) is 3.78. The fourth-order valence-electron chi connectivity index (χ4n) is 2.35. The van der Waals surface area contributed by atoms with Gasteiger partial charge in [-0.05, 0) is 37.5 Å². The zero-order valence-electron chi connectivity index (χ0n) is 12.0. The molecule has 0 aliphatic carbocycles. The van der Waals surface area contributed by atoms with E-state index in [-0.39, 0.29) is 0 Å². The molecule has 1 aromatic rings. The van der Waals surface area contributed by atoms with Gasteiger partial charge in [0.15, 0.2) is 0 Å². The summed E-state index contributed by atoms with van der Waals surface area (Å²) in [4.78, 5) is 2.36. The summed E-state index contributed by atoms with van der Waals surface area (Å²) in [6.07, 6.45) is 2.40. The van der Waals surface area contributed by atoms with Gasteiger partial charge in [-0.3, -0.25) is 0 Å². The van der Waals surface area contributed by atoms with Gasteiger partial charge in [0, 0.05) is 18.1 Å². The Morgan fingerprint density at radius 1 is 1.22 bits per heavy atom. The van der Waals surface area contributed by atoms with Gasteiger partial charge in [0.05, 0.1) is 11.4 Å². The van der Waals surface area contributed by atoms with Crippen LogP contribution in [0.25, 0.3) is 0 Å². The molecule has 0 unspecified atom stereocenters. The first-order chi connectivity index (χ1) is 8.54. The summed E-state index contributed by atoms with van der Waals surface area (Å²) < 4.78 is 0. The van der Waals surface area contributed by atoms with Crippen molar-refractivity contribution in [2.75, 3.05) is 23.7 Å². The molecule has 0 aliphatic heterocycles. The maximum absolute atomic E-state index is 6.21. The molecule has 2 N–H and O–H groups in total. The maximum atomic E-state index is 6.21. The summed E-state index contributed by atoms with van der Waals surface area (Å²) in [7, 11) is 0. The quantitative estimate of drug-likeness (QED) is 0.770. The number of hydrogen-bond donors (Lipinski definition) is 1. The van der Waals surface area contributed by atoms with Gasteiger partial charge in [-0.2, -0.15) is 0 Å². The molecule has 0 fully saturated rings. The van der Waals surface area contributed by atoms with E-state index in [0.717, 1.165) is 35.1 Å². The Hall–Kier alpha value is -0.890. The molecule has 2 nitrogen and oxygen atoms in total. The molecule has 1 aromatic carbocycles. The Labute approximate surface area is 116 Å². The standard InChI is InChI=1S/C15H25ClN2/c1-5-12(6-2)10-18(7-3)15-11(4)13(16)8-9-14(15)17/h8-9,12H,5-7,10,17H2,1-4H3. The van der Waals surface area contributed by atoms with Crippen molar-refractivity contribution in [1.82, 2.24) is 0 Å². The Bertz CT molecular complexity index is 386. The van der Waals surface area contributed by atoms with E-state index in [9.17, 15) is 0 Å². The molecular weight excluding hydrogens is 244 g/mol. The van der Waals surface area contributed by atoms with Gasteiger partial charge in [0.25, 0.3) is 0 Å². The van der Waals surface area contributed by atoms with Gasteiger partial charge >= 0.3 is 0 Å². The maximum Gasteiger partial charge on any atom is 0.0644 e. The van der Waals surface area contributed by atoms with Crippen LogP contribution in [0.2, 0.25) is 5.02 Å². The summed E-state index contributed by atoms with van der Waals surface area (Å²) in [5, 5.41) is 0.794. The number of anilines is 2. The SMILES string of the molecule is CCC(CC)CN(CC)c1c(N)ccc(Cl)c1C. The average Bonchev–Trinajstić information content (AvgIpc) is 2.38. The van der Waals surface area contributed by atoms with E-state index in [1.165, 1.54) is 12.8 Å². The Morgan fingerprint density at radius 3 is 2.33 bits per heavy atom. The zero-order valence-corrected chi connectivity index (χ0v) is 12.7. The highest BCUT2D eigenvalue weighted by molar-refractivity contribution is 6.31. The first-order valence-corrected chi connectivity index (χ1v) is 7.22. The Kier molecular flexibility index (Phi) is 5.80. The summed E-state index contributed by atoms with van der Waals surface area (Å²) in [5.41, 5.74) is 9.14. The van der Waals surface area contributed by atoms with Crippen molar-refractivity contribution in [3.05, 3.63) is 22.7 Å². The molecule has 0 bridgehead atoms. The van der Waals surface area contributed by atoms with Crippen molar-refractivity contribution in [3.8, 4) is 0 Å². The second-order valence-electron chi connectivity index (χ2n) is 4.83. The summed E-state index contributed by atoms with van der Waals surface area (Å²) in [5.74, 6) is 0.711. The lowest BCUT2D eigenvalue weighted by Crippen LogP contribution is -2.30. The molecule has 1 rings (SSSR count). The highest BCUT2D eigenvalue weighted by atomic mass is 35.5. The van der Waals surface area contributed by atoms with Crippen molar-refractivity contribution in [1.29, 1.82) is 0 Å². The van der Waals surface area contributed by atoms with E-state index in [4.69, 9.17) is 17.3 Å². The van der Waals surface area contributed by atoms with Gasteiger partial charge < -0.3 is 10.6 Å². The molecule has 0 aliphatic rings. The molecule has 0 radical (unpaired) electrons. The van der Waals surface area contributed by atoms with Crippen LogP contribution in [-0.2, 0) is 0 Å². The molecule has 3 heteroatoms. The lowest BCUT2D eigenvalue weighted by atomic mass is 10.0. The van der Waals surface area contributed by atoms with Crippen LogP contribution in [0.1, 0.15) is 39.2 Å². The van der Waals surface area contributed by atoms with Crippen LogP contribution in [0, 0.1) is 12.8 Å². The lowest BCUT2D eigenvalue weighted by molar-refractivity contribution is 0.486. The molecule has 102 valence electrons. The molecule has 0 amide bonds. The van der Waals surface area contributed by atoms with Crippen molar-refractivity contribution in [3.63, 3.8) is 0 Å². The normalized spacial score (nSPS) is 11.0. The number of hydrogen-bond acceptors (Lipinski definition) is 2. The Balaban J connectivity index is 3.05. The van der Waals surface area contributed by atoms with E-state index in [1.807, 2.05) is 19.1 Å². The number of halogens is 1. The molecular formula is C15H25ClN2. The van der Waals surface area contributed by atoms with Crippen LogP contribution in [0.3, 0.4) is 0 Å². The van der Waals surface area contributed by atoms with Gasteiger partial charge in [0.2, 0.25) is 0 Å². The van der Waals surface area contributed by atoms with Gasteiger partial charge in [-0.25, -0.2) is 0 Å². The molecule has 18 heavy (non-hydrogen) atoms. The van der Waals surface area contributed by atoms with E-state index in [1.54, 1.807) is 0 Å². The predicted octanol–water partition coefficient (Wildman–Crippen LogP) is 4.49. The monoisotopic (exact) mass is 268 g/mol. The third kappa shape index (κ3) is 3.32. The molecule has 0 heterocycles. The third-order valence-corrected chi connectivity index (χ3v) is 4.14. The highest BCUT2D eigenvalue weighted by Gasteiger charge is 2.16. The van der Waals surface area contributed by atoms with Crippen LogP contribution < -0.4 is 10.6 Å². The minimum absolute atomic E-state index is 0.711. The smallest absolute Gasteiger partial charge is 0.0644 e. The fraction of sp³-hybridized carbons (Fsp3) is 0.600. The average molecular weight is 269 g/mol. The summed E-state index contributed by atoms with van der Waals surface area (Å²) in [6.45, 7) is 10.7. The van der Waals surface area contributed by atoms with Crippen molar-refractivity contribution in [2.45, 2.75) is 40.5 Å². The first-order valence-electron chi connectivity index (χ1n) is 6.84. The molecule has 0 aromatic heterocycles. The largest absolute Gasteiger partial charge is 0.397 e. The van der Waals surface area contributed by atoms with E-state index >= 15 is 0 Å². The molecule has 0 saturated heterocycles. The molecule has 0 saturated carbocycles. The topological polar surface area (TPSA) is 29.3 Å². The zero-order chi connectivity index (χ0) is 13.7. The highest BCUT2D eigenvalue weighted by Crippen LogP contribution is 2.33. The van der Waals surface area contributed by atoms with Gasteiger partial charge in [0.1, 0.15) is 0 Å². The van der Waals surface area contributed by atoms with Crippen molar-refractivity contribution >= 4 is 23.0 Å². The minimum atomic E-state index is 0.711. The van der Waals surface area contributed by atoms with Crippen LogP contribution in [0.5, 0.6) is 0 Å². The molecule has 0 atom stereocenters. The van der Waals surface area contributed by atoms with Crippen molar-refractivity contribution in [2.24, 2.45) is 5.92 Å². The third-order valence-electron chi connectivity index (χ3n) is 3.73. The van der Waals surface area contributed by atoms with Gasteiger partial charge in [-0.1, -0.05) is 38.3 Å². The van der Waals surface area contributed by atoms with Crippen LogP contribution in [0.15, 0.2) is 12.1 Å².